The summed E-state index contributed by atoms with van der Waals surface area (Å²) < 4.78 is 0. The number of aromatic nitrogens is 1. The summed E-state index contributed by atoms with van der Waals surface area (Å²) in [6, 6.07) is 20.5. The van der Waals surface area contributed by atoms with Gasteiger partial charge in [-0.25, -0.2) is 4.98 Å². The van der Waals surface area contributed by atoms with Crippen molar-refractivity contribution in [3.8, 4) is 6.07 Å². The van der Waals surface area contributed by atoms with Crippen molar-refractivity contribution in [2.45, 2.75) is 6.04 Å². The number of nitriles is 1. The van der Waals surface area contributed by atoms with E-state index in [0.29, 0.717) is 22.3 Å². The Morgan fingerprint density at radius 3 is 2.52 bits per heavy atom. The van der Waals surface area contributed by atoms with Crippen LogP contribution in [0.25, 0.3) is 11.1 Å². The molecule has 1 aliphatic rings. The van der Waals surface area contributed by atoms with Crippen LogP contribution in [0.4, 0.5) is 11.4 Å². The van der Waals surface area contributed by atoms with Gasteiger partial charge >= 0.3 is 0 Å². The first-order valence-electron chi connectivity index (χ1n) is 9.45. The first-order chi connectivity index (χ1) is 15.1. The highest BCUT2D eigenvalue weighted by atomic mass is 16.6. The van der Waals surface area contributed by atoms with Crippen LogP contribution in [0.3, 0.4) is 0 Å². The van der Waals surface area contributed by atoms with Gasteiger partial charge in [0.1, 0.15) is 18.0 Å². The highest BCUT2D eigenvalue weighted by Crippen LogP contribution is 2.37. The van der Waals surface area contributed by atoms with Crippen molar-refractivity contribution >= 4 is 28.8 Å². The van der Waals surface area contributed by atoms with Crippen molar-refractivity contribution in [1.82, 2.24) is 4.98 Å². The van der Waals surface area contributed by atoms with Crippen LogP contribution in [0, 0.1) is 21.4 Å². The van der Waals surface area contributed by atoms with Crippen LogP contribution in [-0.2, 0) is 4.79 Å². The molecule has 3 aromatic rings. The number of pyridine rings is 1. The fourth-order valence-corrected chi connectivity index (χ4v) is 3.61. The number of hydrogen-bond donors (Lipinski definition) is 0. The molecule has 0 saturated carbocycles. The Balaban J connectivity index is 1.98. The van der Waals surface area contributed by atoms with E-state index in [1.165, 1.54) is 18.3 Å². The van der Waals surface area contributed by atoms with Gasteiger partial charge in [0.05, 0.1) is 16.6 Å². The van der Waals surface area contributed by atoms with Crippen LogP contribution in [0.5, 0.6) is 0 Å². The van der Waals surface area contributed by atoms with Crippen molar-refractivity contribution < 1.29 is 9.72 Å². The molecule has 7 heteroatoms. The summed E-state index contributed by atoms with van der Waals surface area (Å²) in [6.07, 6.45) is 5.66. The zero-order valence-electron chi connectivity index (χ0n) is 16.3. The molecule has 1 aliphatic heterocycles. The summed E-state index contributed by atoms with van der Waals surface area (Å²) in [6.45, 7) is 0. The maximum atomic E-state index is 12.2. The topological polar surface area (TPSA) is 100 Å². The molecule has 0 fully saturated rings. The van der Waals surface area contributed by atoms with Gasteiger partial charge < -0.3 is 9.69 Å². The number of nitro groups is 1. The van der Waals surface area contributed by atoms with Gasteiger partial charge in [-0.3, -0.25) is 10.1 Å². The summed E-state index contributed by atoms with van der Waals surface area (Å²) in [5.41, 5.74) is 2.80. The van der Waals surface area contributed by atoms with E-state index in [1.807, 2.05) is 30.3 Å². The van der Waals surface area contributed by atoms with Crippen molar-refractivity contribution in [2.75, 3.05) is 4.90 Å². The maximum absolute atomic E-state index is 12.2. The summed E-state index contributed by atoms with van der Waals surface area (Å²) >= 11 is 0. The molecule has 2 heterocycles. The molecule has 7 nitrogen and oxygen atoms in total. The molecular weight excluding hydrogens is 392 g/mol. The molecule has 31 heavy (non-hydrogen) atoms. The van der Waals surface area contributed by atoms with E-state index in [4.69, 9.17) is 0 Å². The Morgan fingerprint density at radius 1 is 1.06 bits per heavy atom. The predicted octanol–water partition coefficient (Wildman–Crippen LogP) is 4.37. The number of benzene rings is 2. The van der Waals surface area contributed by atoms with E-state index in [-0.39, 0.29) is 11.4 Å². The minimum atomic E-state index is -0.719. The molecule has 0 amide bonds. The molecule has 0 bridgehead atoms. The lowest BCUT2D eigenvalue weighted by molar-refractivity contribution is -0.385. The molecule has 0 saturated heterocycles. The van der Waals surface area contributed by atoms with Gasteiger partial charge in [0.25, 0.3) is 5.69 Å². The average Bonchev–Trinajstić information content (AvgIpc) is 2.83. The van der Waals surface area contributed by atoms with Crippen molar-refractivity contribution in [3.05, 3.63) is 112 Å². The lowest BCUT2D eigenvalue weighted by Gasteiger charge is -2.33. The number of allylic oxidation sites excluding steroid dienone is 2. The van der Waals surface area contributed by atoms with E-state index in [0.717, 1.165) is 12.0 Å². The number of para-hydroxylation sites is 1. The number of nitrogens with zero attached hydrogens (tertiary/aromatic N) is 4. The lowest BCUT2D eigenvalue weighted by Crippen LogP contribution is -2.36. The van der Waals surface area contributed by atoms with E-state index in [1.54, 1.807) is 41.4 Å². The smallest absolute Gasteiger partial charge is 0.295 e. The molecule has 1 aromatic heterocycles. The van der Waals surface area contributed by atoms with E-state index >= 15 is 0 Å². The summed E-state index contributed by atoms with van der Waals surface area (Å²) in [5, 5.41) is 21.2. The zero-order chi connectivity index (χ0) is 21.8. The second-order valence-electron chi connectivity index (χ2n) is 6.79. The number of rotatable bonds is 5. The second kappa shape index (κ2) is 8.43. The molecule has 2 aromatic carbocycles. The maximum Gasteiger partial charge on any atom is 0.295 e. The third-order valence-electron chi connectivity index (χ3n) is 5.01. The van der Waals surface area contributed by atoms with Crippen molar-refractivity contribution in [3.63, 3.8) is 0 Å². The molecule has 150 valence electrons. The number of anilines is 1. The van der Waals surface area contributed by atoms with Crippen LogP contribution >= 0.6 is 0 Å². The summed E-state index contributed by atoms with van der Waals surface area (Å²) in [7, 11) is 0. The largest absolute Gasteiger partial charge is 0.333 e. The van der Waals surface area contributed by atoms with Gasteiger partial charge in [-0.05, 0) is 41.5 Å². The van der Waals surface area contributed by atoms with Crippen LogP contribution in [0.15, 0.2) is 85.2 Å². The predicted molar refractivity (Wildman–Crippen MR) is 117 cm³/mol. The van der Waals surface area contributed by atoms with Gasteiger partial charge in [-0.15, -0.1) is 0 Å². The quantitative estimate of drug-likeness (QED) is 0.353. The second-order valence-corrected chi connectivity index (χ2v) is 6.79. The monoisotopic (exact) mass is 408 g/mol. The minimum Gasteiger partial charge on any atom is -0.333 e. The fraction of sp³-hybridized carbons (Fsp3) is 0.0417. The molecule has 1 atom stereocenters. The highest BCUT2D eigenvalue weighted by Gasteiger charge is 2.30. The first kappa shape index (κ1) is 19.7. The zero-order valence-corrected chi connectivity index (χ0v) is 16.3. The Labute approximate surface area is 178 Å². The number of hydrogen-bond acceptors (Lipinski definition) is 6. The molecule has 0 spiro atoms. The Hall–Kier alpha value is -4.57. The Bertz CT molecular complexity index is 1260. The van der Waals surface area contributed by atoms with Gasteiger partial charge in [0.2, 0.25) is 0 Å². The first-order valence-corrected chi connectivity index (χ1v) is 9.45. The Kier molecular flexibility index (Phi) is 5.37. The van der Waals surface area contributed by atoms with Crippen LogP contribution in [-0.4, -0.2) is 22.2 Å². The van der Waals surface area contributed by atoms with E-state index < -0.39 is 11.0 Å². The van der Waals surface area contributed by atoms with Gasteiger partial charge in [0, 0.05) is 29.7 Å². The Morgan fingerprint density at radius 2 is 1.81 bits per heavy atom. The van der Waals surface area contributed by atoms with E-state index in [9.17, 15) is 20.2 Å². The van der Waals surface area contributed by atoms with Crippen molar-refractivity contribution in [1.29, 1.82) is 5.26 Å². The molecular formula is C24H16N4O3. The number of aldehydes is 1. The standard InChI is InChI=1S/C24H16N4O3/c25-14-17-7-4-5-10-20(17)21-13-18(24-22(28(30)31)11-6-12-26-24)15-27(23(21)16-29)19-8-2-1-3-9-19/h1-13,15-16,23H. The normalized spacial score (nSPS) is 15.5. The van der Waals surface area contributed by atoms with E-state index in [2.05, 4.69) is 11.1 Å². The molecule has 0 aliphatic carbocycles. The molecule has 0 radical (unpaired) electrons. The highest BCUT2D eigenvalue weighted by molar-refractivity contribution is 5.99. The lowest BCUT2D eigenvalue weighted by atomic mass is 9.89. The molecule has 4 rings (SSSR count). The number of carbonyl (C=O) groups excluding carboxylic acids is 1. The van der Waals surface area contributed by atoms with Gasteiger partial charge in [-0.2, -0.15) is 5.26 Å². The SMILES string of the molecule is N#Cc1ccccc1C1=CC(c2ncccc2[N+](=O)[O-])=CN(c2ccccc2)C1C=O. The third-order valence-corrected chi connectivity index (χ3v) is 5.01. The van der Waals surface area contributed by atoms with Crippen molar-refractivity contribution in [2.24, 2.45) is 0 Å². The molecule has 0 N–H and O–H groups in total. The third kappa shape index (κ3) is 3.70. The average molecular weight is 408 g/mol. The van der Waals surface area contributed by atoms with Crippen LogP contribution < -0.4 is 4.90 Å². The van der Waals surface area contributed by atoms with Gasteiger partial charge in [0.15, 0.2) is 0 Å². The summed E-state index contributed by atoms with van der Waals surface area (Å²) in [4.78, 5) is 29.3. The van der Waals surface area contributed by atoms with Crippen LogP contribution in [0.1, 0.15) is 16.8 Å². The summed E-state index contributed by atoms with van der Waals surface area (Å²) in [5.74, 6) is 0. The minimum absolute atomic E-state index is 0.143. The number of carbonyl (C=O) groups is 1. The molecule has 1 unspecified atom stereocenters. The fourth-order valence-electron chi connectivity index (χ4n) is 3.61. The van der Waals surface area contributed by atoms with Gasteiger partial charge in [-0.1, -0.05) is 36.4 Å². The van der Waals surface area contributed by atoms with Crippen LogP contribution in [0.2, 0.25) is 0 Å².